The lowest BCUT2D eigenvalue weighted by molar-refractivity contribution is -0.160. The monoisotopic (exact) mass is 483 g/mol. The summed E-state index contributed by atoms with van der Waals surface area (Å²) in [5, 5.41) is 15.2. The number of hydrogen-bond donors (Lipinski definition) is 1. The Kier molecular flexibility index (Phi) is 6.17. The molecule has 1 atom stereocenters. The molecule has 1 aliphatic carbocycles. The number of ether oxygens (including phenoxy) is 1. The molecular formula is C30H33N3O3. The molecule has 186 valence electrons. The van der Waals surface area contributed by atoms with Gasteiger partial charge in [-0.1, -0.05) is 42.0 Å². The second-order valence-electron chi connectivity index (χ2n) is 10.8. The first kappa shape index (κ1) is 24.2. The molecule has 0 radical (unpaired) electrons. The van der Waals surface area contributed by atoms with Crippen LogP contribution in [0, 0.1) is 13.8 Å². The van der Waals surface area contributed by atoms with Gasteiger partial charge in [0.15, 0.2) is 11.8 Å². The Labute approximate surface area is 212 Å². The molecule has 1 N–H and O–H groups in total. The highest BCUT2D eigenvalue weighted by atomic mass is 16.5. The maximum absolute atomic E-state index is 12.5. The zero-order valence-corrected chi connectivity index (χ0v) is 21.6. The SMILES string of the molecule is Cc1ccc(-c2c(C(OC(C)(C)C)C(=O)O)c(C)nc3cc(-c4ccc5c(c4)CCCC5)nn23)cc1. The van der Waals surface area contributed by atoms with Crippen LogP contribution in [0.25, 0.3) is 28.2 Å². The van der Waals surface area contributed by atoms with Crippen molar-refractivity contribution in [3.05, 3.63) is 76.5 Å². The van der Waals surface area contributed by atoms with Crippen LogP contribution >= 0.6 is 0 Å². The van der Waals surface area contributed by atoms with Crippen molar-refractivity contribution in [2.24, 2.45) is 0 Å². The van der Waals surface area contributed by atoms with Crippen LogP contribution in [0.3, 0.4) is 0 Å². The van der Waals surface area contributed by atoms with E-state index in [1.54, 1.807) is 4.52 Å². The van der Waals surface area contributed by atoms with Gasteiger partial charge in [-0.25, -0.2) is 14.3 Å². The van der Waals surface area contributed by atoms with Crippen molar-refractivity contribution in [1.29, 1.82) is 0 Å². The van der Waals surface area contributed by atoms with E-state index in [9.17, 15) is 9.90 Å². The van der Waals surface area contributed by atoms with Crippen molar-refractivity contribution < 1.29 is 14.6 Å². The third kappa shape index (κ3) is 4.65. The van der Waals surface area contributed by atoms with Crippen LogP contribution in [-0.4, -0.2) is 31.3 Å². The fourth-order valence-electron chi connectivity index (χ4n) is 5.06. The first-order valence-electron chi connectivity index (χ1n) is 12.6. The Balaban J connectivity index is 1.75. The van der Waals surface area contributed by atoms with E-state index in [4.69, 9.17) is 14.8 Å². The molecule has 0 fully saturated rings. The second kappa shape index (κ2) is 9.17. The number of carboxylic acid groups (broad SMARTS) is 1. The number of aryl methyl sites for hydroxylation is 4. The second-order valence-corrected chi connectivity index (χ2v) is 10.8. The Morgan fingerprint density at radius 3 is 2.31 bits per heavy atom. The van der Waals surface area contributed by atoms with Crippen LogP contribution in [0.1, 0.15) is 67.7 Å². The number of fused-ring (bicyclic) bond motifs is 2. The predicted octanol–water partition coefficient (Wildman–Crippen LogP) is 6.50. The summed E-state index contributed by atoms with van der Waals surface area (Å²) in [5.74, 6) is -1.05. The molecule has 0 saturated carbocycles. The zero-order valence-electron chi connectivity index (χ0n) is 21.6. The molecule has 2 aromatic carbocycles. The van der Waals surface area contributed by atoms with Gasteiger partial charge in [0.05, 0.1) is 17.0 Å². The van der Waals surface area contributed by atoms with E-state index in [0.29, 0.717) is 22.6 Å². The van der Waals surface area contributed by atoms with Gasteiger partial charge in [-0.3, -0.25) is 0 Å². The van der Waals surface area contributed by atoms with Crippen LogP contribution in [0.4, 0.5) is 0 Å². The third-order valence-electron chi connectivity index (χ3n) is 6.76. The average molecular weight is 484 g/mol. The molecule has 0 aliphatic heterocycles. The summed E-state index contributed by atoms with van der Waals surface area (Å²) in [5.41, 5.74) is 8.54. The molecule has 2 aromatic heterocycles. The number of benzene rings is 2. The number of hydrogen-bond acceptors (Lipinski definition) is 4. The van der Waals surface area contributed by atoms with Crippen LogP contribution in [0.2, 0.25) is 0 Å². The van der Waals surface area contributed by atoms with Gasteiger partial charge in [-0.05, 0) is 77.5 Å². The Morgan fingerprint density at radius 2 is 1.64 bits per heavy atom. The fraction of sp³-hybridized carbons (Fsp3) is 0.367. The molecule has 0 bridgehead atoms. The van der Waals surface area contributed by atoms with E-state index < -0.39 is 17.7 Å². The van der Waals surface area contributed by atoms with E-state index in [2.05, 4.69) is 18.2 Å². The van der Waals surface area contributed by atoms with Crippen molar-refractivity contribution in [3.63, 3.8) is 0 Å². The van der Waals surface area contributed by atoms with Crippen LogP contribution in [0.5, 0.6) is 0 Å². The van der Waals surface area contributed by atoms with Gasteiger partial charge < -0.3 is 9.84 Å². The summed E-state index contributed by atoms with van der Waals surface area (Å²) in [6.07, 6.45) is 3.50. The minimum Gasteiger partial charge on any atom is -0.479 e. The molecule has 0 saturated heterocycles. The zero-order chi connectivity index (χ0) is 25.6. The summed E-state index contributed by atoms with van der Waals surface area (Å²) in [6.45, 7) is 9.46. The summed E-state index contributed by atoms with van der Waals surface area (Å²) >= 11 is 0. The minimum atomic E-state index is -1.19. The van der Waals surface area contributed by atoms with E-state index in [0.717, 1.165) is 35.2 Å². The lowest BCUT2D eigenvalue weighted by Gasteiger charge is -2.27. The van der Waals surface area contributed by atoms with Crippen LogP contribution in [-0.2, 0) is 22.4 Å². The quantitative estimate of drug-likeness (QED) is 0.351. The van der Waals surface area contributed by atoms with Crippen LogP contribution in [0.15, 0.2) is 48.5 Å². The average Bonchev–Trinajstić information content (AvgIpc) is 3.25. The Morgan fingerprint density at radius 1 is 0.972 bits per heavy atom. The van der Waals surface area contributed by atoms with Gasteiger partial charge in [0.25, 0.3) is 0 Å². The van der Waals surface area contributed by atoms with Gasteiger partial charge >= 0.3 is 5.97 Å². The van der Waals surface area contributed by atoms with E-state index in [1.165, 1.54) is 24.0 Å². The summed E-state index contributed by atoms with van der Waals surface area (Å²) < 4.78 is 7.86. The standard InChI is InChI=1S/C30H33N3O3/c1-18-10-12-21(13-11-18)27-26(28(29(34)35)36-30(3,4)5)19(2)31-25-17-24(32-33(25)27)23-15-14-20-8-6-7-9-22(20)16-23/h10-17,28H,6-9H2,1-5H3,(H,34,35). The van der Waals surface area contributed by atoms with Crippen molar-refractivity contribution in [2.75, 3.05) is 0 Å². The molecular weight excluding hydrogens is 450 g/mol. The van der Waals surface area contributed by atoms with Crippen molar-refractivity contribution >= 4 is 11.6 Å². The molecule has 1 unspecified atom stereocenters. The highest BCUT2D eigenvalue weighted by molar-refractivity contribution is 5.81. The van der Waals surface area contributed by atoms with Gasteiger partial charge in [-0.2, -0.15) is 5.10 Å². The molecule has 2 heterocycles. The number of rotatable bonds is 5. The number of carboxylic acids is 1. The summed E-state index contributed by atoms with van der Waals surface area (Å²) in [7, 11) is 0. The van der Waals surface area contributed by atoms with Crippen molar-refractivity contribution in [2.45, 2.75) is 72.0 Å². The third-order valence-corrected chi connectivity index (χ3v) is 6.76. The summed E-state index contributed by atoms with van der Waals surface area (Å²) in [4.78, 5) is 17.3. The smallest absolute Gasteiger partial charge is 0.337 e. The molecule has 6 heteroatoms. The molecule has 0 spiro atoms. The maximum Gasteiger partial charge on any atom is 0.337 e. The molecule has 4 aromatic rings. The van der Waals surface area contributed by atoms with Gasteiger partial charge in [-0.15, -0.1) is 0 Å². The molecule has 36 heavy (non-hydrogen) atoms. The van der Waals surface area contributed by atoms with E-state index in [-0.39, 0.29) is 0 Å². The van der Waals surface area contributed by atoms with Gasteiger partial charge in [0.1, 0.15) is 0 Å². The lowest BCUT2D eigenvalue weighted by atomic mass is 9.90. The van der Waals surface area contributed by atoms with Gasteiger partial charge in [0, 0.05) is 28.5 Å². The molecule has 1 aliphatic rings. The number of carbonyl (C=O) groups is 1. The van der Waals surface area contributed by atoms with Crippen LogP contribution < -0.4 is 0 Å². The number of nitrogens with zero attached hydrogens (tertiary/aromatic N) is 3. The topological polar surface area (TPSA) is 76.7 Å². The highest BCUT2D eigenvalue weighted by Crippen LogP contribution is 2.36. The van der Waals surface area contributed by atoms with Crippen molar-refractivity contribution in [3.8, 4) is 22.5 Å². The first-order chi connectivity index (χ1) is 17.1. The maximum atomic E-state index is 12.5. The number of aliphatic carboxylic acids is 1. The highest BCUT2D eigenvalue weighted by Gasteiger charge is 2.33. The number of aromatic nitrogens is 3. The minimum absolute atomic E-state index is 0.522. The summed E-state index contributed by atoms with van der Waals surface area (Å²) in [6, 6.07) is 16.6. The largest absolute Gasteiger partial charge is 0.479 e. The molecule has 5 rings (SSSR count). The molecule has 0 amide bonds. The lowest BCUT2D eigenvalue weighted by Crippen LogP contribution is -2.29. The predicted molar refractivity (Wildman–Crippen MR) is 141 cm³/mol. The Bertz CT molecular complexity index is 1450. The molecule has 6 nitrogen and oxygen atoms in total. The van der Waals surface area contributed by atoms with E-state index in [1.807, 2.05) is 65.0 Å². The van der Waals surface area contributed by atoms with Gasteiger partial charge in [0.2, 0.25) is 0 Å². The fourth-order valence-corrected chi connectivity index (χ4v) is 5.06. The van der Waals surface area contributed by atoms with Crippen molar-refractivity contribution in [1.82, 2.24) is 14.6 Å². The Hall–Kier alpha value is -3.51. The normalized spacial score (nSPS) is 14.6. The first-order valence-corrected chi connectivity index (χ1v) is 12.6. The van der Waals surface area contributed by atoms with E-state index >= 15 is 0 Å².